The largest absolute Gasteiger partial charge is 0.509 e. The first-order chi connectivity index (χ1) is 7.13. The zero-order chi connectivity index (χ0) is 11.3. The van der Waals surface area contributed by atoms with Gasteiger partial charge in [0.25, 0.3) is 0 Å². The molecule has 1 aliphatic rings. The molecule has 0 aromatic rings. The quantitative estimate of drug-likeness (QED) is 0.363. The van der Waals surface area contributed by atoms with E-state index in [-0.39, 0.29) is 6.61 Å². The zero-order valence-electron chi connectivity index (χ0n) is 7.63. The molecule has 1 heterocycles. The van der Waals surface area contributed by atoms with Crippen molar-refractivity contribution in [2.24, 2.45) is 0 Å². The van der Waals surface area contributed by atoms with Gasteiger partial charge in [0, 0.05) is 6.08 Å². The van der Waals surface area contributed by atoms with E-state index in [1.165, 1.54) is 0 Å². The van der Waals surface area contributed by atoms with Crippen molar-refractivity contribution in [3.8, 4) is 0 Å². The molecule has 1 unspecified atom stereocenters. The number of hydrogen-bond acceptors (Lipinski definition) is 7. The zero-order valence-corrected chi connectivity index (χ0v) is 7.63. The fraction of sp³-hybridized carbons (Fsp3) is 0.375. The van der Waals surface area contributed by atoms with Gasteiger partial charge in [-0.05, 0) is 0 Å². The lowest BCUT2D eigenvalue weighted by Gasteiger charge is -2.06. The second-order valence-electron chi connectivity index (χ2n) is 2.42. The highest BCUT2D eigenvalue weighted by Gasteiger charge is 2.33. The Morgan fingerprint density at radius 3 is 2.80 bits per heavy atom. The monoisotopic (exact) mass is 216 g/mol. The lowest BCUT2D eigenvalue weighted by atomic mass is 10.4. The number of hydrogen-bond donors (Lipinski definition) is 0. The Hall–Kier alpha value is -2.05. The van der Waals surface area contributed by atoms with E-state index in [0.717, 1.165) is 6.08 Å². The number of rotatable bonds is 4. The second kappa shape index (κ2) is 4.99. The highest BCUT2D eigenvalue weighted by atomic mass is 16.8. The van der Waals surface area contributed by atoms with Gasteiger partial charge >= 0.3 is 18.1 Å². The summed E-state index contributed by atoms with van der Waals surface area (Å²) in [6.45, 7) is 2.38. The fourth-order valence-corrected chi connectivity index (χ4v) is 0.742. The summed E-state index contributed by atoms with van der Waals surface area (Å²) in [5, 5.41) is 0. The lowest BCUT2D eigenvalue weighted by Crippen LogP contribution is -2.26. The van der Waals surface area contributed by atoms with Crippen LogP contribution in [-0.2, 0) is 28.5 Å². The Bertz CT molecular complexity index is 295. The van der Waals surface area contributed by atoms with Crippen molar-refractivity contribution >= 4 is 18.1 Å². The summed E-state index contributed by atoms with van der Waals surface area (Å²) >= 11 is 0. The smallest absolute Gasteiger partial charge is 0.430 e. The molecule has 1 atom stereocenters. The third-order valence-corrected chi connectivity index (χ3v) is 1.42. The van der Waals surface area contributed by atoms with Gasteiger partial charge in [0.1, 0.15) is 6.61 Å². The van der Waals surface area contributed by atoms with Gasteiger partial charge in [-0.25, -0.2) is 14.4 Å². The minimum atomic E-state index is -1.10. The summed E-state index contributed by atoms with van der Waals surface area (Å²) in [7, 11) is 0. The van der Waals surface area contributed by atoms with Crippen molar-refractivity contribution in [1.82, 2.24) is 0 Å². The maximum absolute atomic E-state index is 11.1. The first-order valence-corrected chi connectivity index (χ1v) is 3.92. The van der Waals surface area contributed by atoms with Gasteiger partial charge < -0.3 is 18.9 Å². The Kier molecular flexibility index (Phi) is 3.67. The molecule has 1 saturated heterocycles. The van der Waals surface area contributed by atoms with E-state index in [9.17, 15) is 14.4 Å². The molecule has 15 heavy (non-hydrogen) atoms. The van der Waals surface area contributed by atoms with Crippen molar-refractivity contribution in [1.29, 1.82) is 0 Å². The van der Waals surface area contributed by atoms with Crippen LogP contribution in [0, 0.1) is 0 Å². The molecule has 0 aromatic heterocycles. The van der Waals surface area contributed by atoms with Gasteiger partial charge in [-0.3, -0.25) is 0 Å². The van der Waals surface area contributed by atoms with Crippen LogP contribution in [0.2, 0.25) is 0 Å². The second-order valence-corrected chi connectivity index (χ2v) is 2.42. The fourth-order valence-electron chi connectivity index (χ4n) is 0.742. The number of cyclic esters (lactones) is 2. The van der Waals surface area contributed by atoms with Crippen molar-refractivity contribution in [2.75, 3.05) is 13.4 Å². The van der Waals surface area contributed by atoms with Crippen LogP contribution in [0.5, 0.6) is 0 Å². The molecule has 0 aliphatic carbocycles. The first-order valence-electron chi connectivity index (χ1n) is 3.92. The Labute approximate surface area is 84.5 Å². The molecule has 0 amide bonds. The molecular weight excluding hydrogens is 208 g/mol. The van der Waals surface area contributed by atoms with Crippen molar-refractivity contribution < 1.29 is 33.3 Å². The van der Waals surface area contributed by atoms with Crippen LogP contribution in [0.15, 0.2) is 12.7 Å². The summed E-state index contributed by atoms with van der Waals surface area (Å²) in [6.07, 6.45) is -1.10. The summed E-state index contributed by atoms with van der Waals surface area (Å²) in [5.41, 5.74) is 0. The van der Waals surface area contributed by atoms with E-state index in [4.69, 9.17) is 0 Å². The molecule has 1 rings (SSSR count). The summed E-state index contributed by atoms with van der Waals surface area (Å²) < 4.78 is 17.6. The normalized spacial score (nSPS) is 18.7. The van der Waals surface area contributed by atoms with E-state index in [1.54, 1.807) is 0 Å². The van der Waals surface area contributed by atoms with Gasteiger partial charge in [-0.2, -0.15) is 0 Å². The molecule has 7 nitrogen and oxygen atoms in total. The summed E-state index contributed by atoms with van der Waals surface area (Å²) in [6, 6.07) is 0. The molecule has 1 fully saturated rings. The van der Waals surface area contributed by atoms with Crippen LogP contribution in [-0.4, -0.2) is 37.6 Å². The molecule has 0 spiro atoms. The highest BCUT2D eigenvalue weighted by Crippen LogP contribution is 2.07. The number of carbonyl (C=O) groups excluding carboxylic acids is 3. The number of esters is 2. The molecule has 0 bridgehead atoms. The average molecular weight is 216 g/mol. The standard InChI is InChI=1S/C8H8O7/c1-2-6(9)13-4-14-7(10)5-3-12-8(11)15-5/h2,5H,1,3-4H2. The molecule has 82 valence electrons. The molecule has 0 N–H and O–H groups in total. The van der Waals surface area contributed by atoms with Gasteiger partial charge in [-0.1, -0.05) is 6.58 Å². The maximum Gasteiger partial charge on any atom is 0.509 e. The van der Waals surface area contributed by atoms with Crippen LogP contribution in [0.1, 0.15) is 0 Å². The topological polar surface area (TPSA) is 88.1 Å². The van der Waals surface area contributed by atoms with Crippen LogP contribution >= 0.6 is 0 Å². The Morgan fingerprint density at radius 2 is 2.27 bits per heavy atom. The van der Waals surface area contributed by atoms with Crippen LogP contribution in [0.4, 0.5) is 4.79 Å². The van der Waals surface area contributed by atoms with E-state index in [2.05, 4.69) is 25.5 Å². The predicted octanol–water partition coefficient (Wildman–Crippen LogP) is -0.248. The van der Waals surface area contributed by atoms with E-state index in [0.29, 0.717) is 0 Å². The number of carbonyl (C=O) groups is 3. The van der Waals surface area contributed by atoms with Gasteiger partial charge in [0.05, 0.1) is 0 Å². The van der Waals surface area contributed by atoms with Crippen molar-refractivity contribution in [3.05, 3.63) is 12.7 Å². The third kappa shape index (κ3) is 3.29. The van der Waals surface area contributed by atoms with Crippen LogP contribution in [0.25, 0.3) is 0 Å². The van der Waals surface area contributed by atoms with Gasteiger partial charge in [-0.15, -0.1) is 0 Å². The van der Waals surface area contributed by atoms with Crippen LogP contribution in [0.3, 0.4) is 0 Å². The van der Waals surface area contributed by atoms with Crippen LogP contribution < -0.4 is 0 Å². The number of ether oxygens (including phenoxy) is 4. The van der Waals surface area contributed by atoms with Gasteiger partial charge in [0.2, 0.25) is 12.9 Å². The predicted molar refractivity (Wildman–Crippen MR) is 43.5 cm³/mol. The van der Waals surface area contributed by atoms with Crippen molar-refractivity contribution in [3.63, 3.8) is 0 Å². The molecule has 0 radical (unpaired) electrons. The molecule has 0 saturated carbocycles. The highest BCUT2D eigenvalue weighted by molar-refractivity contribution is 5.82. The first kappa shape index (κ1) is 11.0. The molecule has 7 heteroatoms. The molecule has 0 aromatic carbocycles. The molecular formula is C8H8O7. The summed E-state index contributed by atoms with van der Waals surface area (Å²) in [4.78, 5) is 32.0. The minimum Gasteiger partial charge on any atom is -0.430 e. The Morgan fingerprint density at radius 1 is 1.53 bits per heavy atom. The average Bonchev–Trinajstić information content (AvgIpc) is 2.64. The molecule has 1 aliphatic heterocycles. The van der Waals surface area contributed by atoms with E-state index >= 15 is 0 Å². The van der Waals surface area contributed by atoms with E-state index < -0.39 is 31.0 Å². The minimum absolute atomic E-state index is 0.201. The summed E-state index contributed by atoms with van der Waals surface area (Å²) in [5.74, 6) is -1.56. The SMILES string of the molecule is C=CC(=O)OCOC(=O)C1COC(=O)O1. The third-order valence-electron chi connectivity index (χ3n) is 1.42. The lowest BCUT2D eigenvalue weighted by molar-refractivity contribution is -0.169. The van der Waals surface area contributed by atoms with Crippen molar-refractivity contribution in [2.45, 2.75) is 6.10 Å². The maximum atomic E-state index is 11.1. The van der Waals surface area contributed by atoms with E-state index in [1.807, 2.05) is 0 Å². The van der Waals surface area contributed by atoms with Gasteiger partial charge in [0.15, 0.2) is 0 Å². The Balaban J connectivity index is 2.21.